The molecule has 1 atom stereocenters. The predicted molar refractivity (Wildman–Crippen MR) is 118 cm³/mol. The van der Waals surface area contributed by atoms with Crippen molar-refractivity contribution < 1.29 is 13.9 Å². The van der Waals surface area contributed by atoms with E-state index in [1.165, 1.54) is 0 Å². The summed E-state index contributed by atoms with van der Waals surface area (Å²) >= 11 is 6.10. The van der Waals surface area contributed by atoms with Gasteiger partial charge in [0.05, 0.1) is 23.1 Å². The number of thiocarbonyl (C=S) groups is 1. The molecule has 0 amide bonds. The van der Waals surface area contributed by atoms with Crippen LogP contribution in [0.4, 0.5) is 5.69 Å². The van der Waals surface area contributed by atoms with E-state index in [-0.39, 0.29) is 24.0 Å². The lowest BCUT2D eigenvalue weighted by molar-refractivity contribution is 0.173. The van der Waals surface area contributed by atoms with E-state index >= 15 is 0 Å². The summed E-state index contributed by atoms with van der Waals surface area (Å²) in [5, 5.41) is 0. The number of ether oxygens (including phenoxy) is 2. The van der Waals surface area contributed by atoms with E-state index in [4.69, 9.17) is 26.1 Å². The van der Waals surface area contributed by atoms with Gasteiger partial charge in [0.25, 0.3) is 5.56 Å². The van der Waals surface area contributed by atoms with E-state index in [0.29, 0.717) is 31.2 Å². The first-order valence-electron chi connectivity index (χ1n) is 10.4. The molecule has 0 fully saturated rings. The number of hydrogen-bond donors (Lipinski definition) is 0. The number of hydrogen-bond acceptors (Lipinski definition) is 6. The zero-order chi connectivity index (χ0) is 21.3. The van der Waals surface area contributed by atoms with Gasteiger partial charge in [-0.05, 0) is 18.1 Å². The Morgan fingerprint density at radius 3 is 2.90 bits per heavy atom. The molecule has 31 heavy (non-hydrogen) atoms. The maximum atomic E-state index is 13.0. The van der Waals surface area contributed by atoms with Gasteiger partial charge in [-0.25, -0.2) is 4.98 Å². The van der Waals surface area contributed by atoms with Gasteiger partial charge in [0.15, 0.2) is 11.6 Å². The van der Waals surface area contributed by atoms with Crippen LogP contribution < -0.4 is 19.9 Å². The minimum atomic E-state index is -0.563. The summed E-state index contributed by atoms with van der Waals surface area (Å²) < 4.78 is 18.7. The number of anilines is 1. The summed E-state index contributed by atoms with van der Waals surface area (Å²) in [4.78, 5) is 20.3. The molecular weight excluding hydrogens is 414 g/mol. The van der Waals surface area contributed by atoms with Gasteiger partial charge in [0, 0.05) is 29.9 Å². The van der Waals surface area contributed by atoms with Crippen LogP contribution in [0.15, 0.2) is 45.7 Å². The third-order valence-corrected chi connectivity index (χ3v) is 7.00. The van der Waals surface area contributed by atoms with Crippen LogP contribution in [-0.2, 0) is 18.5 Å². The highest BCUT2D eigenvalue weighted by Crippen LogP contribution is 2.53. The summed E-state index contributed by atoms with van der Waals surface area (Å²) in [6, 6.07) is 10.1. The highest BCUT2D eigenvalue weighted by atomic mass is 32.1. The number of oxazole rings is 1. The molecule has 8 heteroatoms. The first kappa shape index (κ1) is 18.6. The molecule has 0 N–H and O–H groups in total. The molecule has 158 valence electrons. The van der Waals surface area contributed by atoms with Crippen molar-refractivity contribution in [1.29, 1.82) is 0 Å². The molecular formula is C23H21N3O4S. The molecule has 0 aliphatic carbocycles. The van der Waals surface area contributed by atoms with Crippen molar-refractivity contribution in [2.75, 3.05) is 11.7 Å². The maximum absolute atomic E-state index is 13.0. The molecule has 3 aliphatic rings. The second-order valence-electron chi connectivity index (χ2n) is 8.47. The third kappa shape index (κ3) is 2.42. The lowest BCUT2D eigenvalue weighted by Gasteiger charge is -2.27. The molecule has 0 saturated carbocycles. The first-order chi connectivity index (χ1) is 15.0. The summed E-state index contributed by atoms with van der Waals surface area (Å²) in [7, 11) is 0. The van der Waals surface area contributed by atoms with Crippen molar-refractivity contribution in [3.05, 3.63) is 69.8 Å². The van der Waals surface area contributed by atoms with Crippen molar-refractivity contribution in [2.45, 2.75) is 44.7 Å². The van der Waals surface area contributed by atoms with Gasteiger partial charge in [0.2, 0.25) is 12.5 Å². The number of fused-ring (bicyclic) bond motifs is 5. The number of aromatic nitrogens is 2. The number of rotatable bonds is 3. The van der Waals surface area contributed by atoms with Gasteiger partial charge in [0.1, 0.15) is 5.76 Å². The molecule has 6 rings (SSSR count). The van der Waals surface area contributed by atoms with E-state index in [1.807, 2.05) is 18.2 Å². The lowest BCUT2D eigenvalue weighted by Crippen LogP contribution is -2.38. The quantitative estimate of drug-likeness (QED) is 0.581. The van der Waals surface area contributed by atoms with Gasteiger partial charge < -0.3 is 23.4 Å². The Hall–Kier alpha value is -3.13. The normalized spacial score (nSPS) is 20.7. The van der Waals surface area contributed by atoms with Crippen LogP contribution in [-0.4, -0.2) is 21.3 Å². The van der Waals surface area contributed by atoms with Crippen LogP contribution in [0.3, 0.4) is 0 Å². The molecule has 1 spiro atoms. The Morgan fingerprint density at radius 1 is 1.26 bits per heavy atom. The van der Waals surface area contributed by atoms with Crippen LogP contribution in [0.5, 0.6) is 11.5 Å². The minimum Gasteiger partial charge on any atom is -0.453 e. The zero-order valence-corrected chi connectivity index (χ0v) is 18.1. The third-order valence-electron chi connectivity index (χ3n) is 6.43. The molecule has 7 nitrogen and oxygen atoms in total. The Balaban J connectivity index is 1.49. The number of para-hydroxylation sites is 1. The maximum Gasteiger partial charge on any atom is 0.297 e. The summed E-state index contributed by atoms with van der Waals surface area (Å²) in [5.74, 6) is 2.48. The molecule has 1 unspecified atom stereocenters. The summed E-state index contributed by atoms with van der Waals surface area (Å²) in [6.07, 6.45) is 2.49. The lowest BCUT2D eigenvalue weighted by atomic mass is 9.78. The van der Waals surface area contributed by atoms with Gasteiger partial charge in [-0.2, -0.15) is 0 Å². The van der Waals surface area contributed by atoms with Gasteiger partial charge >= 0.3 is 0 Å². The molecule has 3 aliphatic heterocycles. The minimum absolute atomic E-state index is 0.0673. The Morgan fingerprint density at radius 2 is 2.10 bits per heavy atom. The van der Waals surface area contributed by atoms with Crippen LogP contribution in [0, 0.1) is 0 Å². The van der Waals surface area contributed by atoms with E-state index in [1.54, 1.807) is 10.8 Å². The number of nitrogens with zero attached hydrogens (tertiary/aromatic N) is 3. The average Bonchev–Trinajstić information content (AvgIpc) is 3.53. The standard InChI is InChI=1S/C23H21N3O4S/c1-13(2)20-24-10-14(30-20)11-26-16-6-4-3-5-15(16)23(22(26)31)7-8-25-18(23)9-17-19(21(25)27)29-12-28-17/h3-6,9-10,13H,7-8,11-12H2,1-2H3. The average molecular weight is 436 g/mol. The highest BCUT2D eigenvalue weighted by molar-refractivity contribution is 7.80. The van der Waals surface area contributed by atoms with Crippen molar-refractivity contribution in [2.24, 2.45) is 0 Å². The van der Waals surface area contributed by atoms with Crippen LogP contribution in [0.2, 0.25) is 0 Å². The Kier molecular flexibility index (Phi) is 3.87. The topological polar surface area (TPSA) is 69.7 Å². The molecule has 0 bridgehead atoms. The fraction of sp³-hybridized carbons (Fsp3) is 0.348. The monoisotopic (exact) mass is 435 g/mol. The first-order valence-corrected chi connectivity index (χ1v) is 10.8. The van der Waals surface area contributed by atoms with E-state index in [2.05, 4.69) is 35.9 Å². The van der Waals surface area contributed by atoms with Crippen molar-refractivity contribution in [3.8, 4) is 11.5 Å². The number of benzene rings is 1. The predicted octanol–water partition coefficient (Wildman–Crippen LogP) is 3.73. The second kappa shape index (κ2) is 6.43. The fourth-order valence-corrected chi connectivity index (χ4v) is 5.45. The van der Waals surface area contributed by atoms with Gasteiger partial charge in [-0.1, -0.05) is 44.3 Å². The van der Waals surface area contributed by atoms with Crippen molar-refractivity contribution >= 4 is 22.9 Å². The summed E-state index contributed by atoms with van der Waals surface area (Å²) in [6.45, 7) is 5.24. The van der Waals surface area contributed by atoms with E-state index in [9.17, 15) is 4.79 Å². The van der Waals surface area contributed by atoms with Gasteiger partial charge in [-0.3, -0.25) is 4.79 Å². The fourth-order valence-electron chi connectivity index (χ4n) is 4.97. The smallest absolute Gasteiger partial charge is 0.297 e. The van der Waals surface area contributed by atoms with Crippen LogP contribution >= 0.6 is 12.2 Å². The van der Waals surface area contributed by atoms with E-state index in [0.717, 1.165) is 27.7 Å². The Bertz CT molecular complexity index is 1290. The van der Waals surface area contributed by atoms with Crippen molar-refractivity contribution in [1.82, 2.24) is 9.55 Å². The molecule has 0 saturated heterocycles. The Labute approximate surface area is 184 Å². The molecule has 3 aromatic rings. The van der Waals surface area contributed by atoms with E-state index < -0.39 is 5.41 Å². The molecule has 5 heterocycles. The highest BCUT2D eigenvalue weighted by Gasteiger charge is 2.53. The molecule has 2 aromatic heterocycles. The molecule has 1 aromatic carbocycles. The SMILES string of the molecule is CC(C)c1ncc(CN2C(=S)C3(CCn4c3cc3c(c4=O)OCO3)c3ccccc32)o1. The molecule has 0 radical (unpaired) electrons. The zero-order valence-electron chi connectivity index (χ0n) is 17.3. The van der Waals surface area contributed by atoms with Crippen LogP contribution in [0.1, 0.15) is 49.1 Å². The summed E-state index contributed by atoms with van der Waals surface area (Å²) in [5.41, 5.74) is 2.29. The largest absolute Gasteiger partial charge is 0.453 e. The number of pyridine rings is 1. The van der Waals surface area contributed by atoms with Gasteiger partial charge in [-0.15, -0.1) is 0 Å². The van der Waals surface area contributed by atoms with Crippen molar-refractivity contribution in [3.63, 3.8) is 0 Å². The second-order valence-corrected chi connectivity index (χ2v) is 8.86. The van der Waals surface area contributed by atoms with Crippen LogP contribution in [0.25, 0.3) is 0 Å².